The molecule has 1 aromatic rings. The molecule has 0 unspecified atom stereocenters. The monoisotopic (exact) mass is 296 g/mol. The van der Waals surface area contributed by atoms with Crippen molar-refractivity contribution in [1.29, 1.82) is 0 Å². The minimum atomic E-state index is -4.86. The van der Waals surface area contributed by atoms with E-state index in [0.29, 0.717) is 0 Å². The minimum absolute atomic E-state index is 0. The fourth-order valence-electron chi connectivity index (χ4n) is 1.69. The SMILES string of the molecule is Cc1cc(S(=O)(=O)[O-])c(C)c(C(=O)O)c1C(=O)O.[Na+]. The zero-order valence-electron chi connectivity index (χ0n) is 10.4. The van der Waals surface area contributed by atoms with Crippen LogP contribution >= 0.6 is 0 Å². The van der Waals surface area contributed by atoms with Gasteiger partial charge in [0.2, 0.25) is 0 Å². The van der Waals surface area contributed by atoms with Gasteiger partial charge in [0, 0.05) is 0 Å². The molecule has 7 nitrogen and oxygen atoms in total. The first kappa shape index (κ1) is 18.1. The smallest absolute Gasteiger partial charge is 0.744 e. The molecule has 0 aliphatic carbocycles. The van der Waals surface area contributed by atoms with Crippen LogP contribution in [0, 0.1) is 13.8 Å². The summed E-state index contributed by atoms with van der Waals surface area (Å²) in [7, 11) is -4.86. The van der Waals surface area contributed by atoms with Crippen LogP contribution in [0.3, 0.4) is 0 Å². The first-order valence-corrected chi connectivity index (χ1v) is 6.05. The van der Waals surface area contributed by atoms with Crippen molar-refractivity contribution in [2.45, 2.75) is 18.7 Å². The Labute approximate surface area is 131 Å². The van der Waals surface area contributed by atoms with Gasteiger partial charge in [-0.3, -0.25) is 0 Å². The summed E-state index contributed by atoms with van der Waals surface area (Å²) in [6.45, 7) is 2.31. The summed E-state index contributed by atoms with van der Waals surface area (Å²) >= 11 is 0. The number of hydrogen-bond donors (Lipinski definition) is 2. The third-order valence-corrected chi connectivity index (χ3v) is 3.40. The molecule has 0 amide bonds. The van der Waals surface area contributed by atoms with E-state index in [9.17, 15) is 22.6 Å². The van der Waals surface area contributed by atoms with Crippen LogP contribution in [0.1, 0.15) is 31.8 Å². The molecule has 0 bridgehead atoms. The van der Waals surface area contributed by atoms with Crippen molar-refractivity contribution in [3.63, 3.8) is 0 Å². The van der Waals surface area contributed by atoms with Gasteiger partial charge in [0.25, 0.3) is 0 Å². The van der Waals surface area contributed by atoms with Crippen molar-refractivity contribution < 1.29 is 62.3 Å². The van der Waals surface area contributed by atoms with Crippen LogP contribution in [0.5, 0.6) is 0 Å². The normalized spacial score (nSPS) is 10.7. The molecule has 1 aromatic carbocycles. The molecule has 0 saturated carbocycles. The second-order valence-electron chi connectivity index (χ2n) is 3.63. The number of carboxylic acid groups (broad SMARTS) is 2. The molecule has 0 fully saturated rings. The number of carboxylic acids is 2. The average molecular weight is 296 g/mol. The molecule has 0 atom stereocenters. The third kappa shape index (κ3) is 3.54. The van der Waals surface area contributed by atoms with Crippen molar-refractivity contribution in [3.8, 4) is 0 Å². The predicted octanol–water partition coefficient (Wildman–Crippen LogP) is -2.39. The molecule has 0 aromatic heterocycles. The Morgan fingerprint density at radius 3 is 1.84 bits per heavy atom. The van der Waals surface area contributed by atoms with Crippen molar-refractivity contribution in [2.75, 3.05) is 0 Å². The first-order valence-electron chi connectivity index (χ1n) is 4.64. The van der Waals surface area contributed by atoms with E-state index in [4.69, 9.17) is 10.2 Å². The molecule has 0 aliphatic rings. The predicted molar refractivity (Wildman–Crippen MR) is 57.8 cm³/mol. The fourth-order valence-corrected chi connectivity index (χ4v) is 2.49. The summed E-state index contributed by atoms with van der Waals surface area (Å²) in [6.07, 6.45) is 0. The molecule has 0 spiro atoms. The van der Waals surface area contributed by atoms with E-state index in [2.05, 4.69) is 0 Å². The zero-order chi connectivity index (χ0) is 14.2. The molecule has 0 saturated heterocycles. The van der Waals surface area contributed by atoms with E-state index < -0.39 is 38.1 Å². The van der Waals surface area contributed by atoms with Crippen molar-refractivity contribution in [2.24, 2.45) is 0 Å². The summed E-state index contributed by atoms with van der Waals surface area (Å²) in [4.78, 5) is 21.3. The molecule has 9 heteroatoms. The number of carbonyl (C=O) groups is 2. The van der Waals surface area contributed by atoms with E-state index in [1.165, 1.54) is 6.92 Å². The van der Waals surface area contributed by atoms with Crippen LogP contribution in [-0.4, -0.2) is 35.1 Å². The van der Waals surface area contributed by atoms with Crippen molar-refractivity contribution in [1.82, 2.24) is 0 Å². The Morgan fingerprint density at radius 2 is 1.53 bits per heavy atom. The third-order valence-electron chi connectivity index (χ3n) is 2.43. The van der Waals surface area contributed by atoms with Gasteiger partial charge in [-0.1, -0.05) is 0 Å². The largest absolute Gasteiger partial charge is 1.00 e. The van der Waals surface area contributed by atoms with E-state index in [1.54, 1.807) is 0 Å². The molecule has 0 heterocycles. The zero-order valence-corrected chi connectivity index (χ0v) is 13.2. The number of aromatic carboxylic acids is 2. The van der Waals surface area contributed by atoms with Gasteiger partial charge in [-0.15, -0.1) is 0 Å². The van der Waals surface area contributed by atoms with Gasteiger partial charge in [-0.2, -0.15) is 0 Å². The number of aryl methyl sites for hydroxylation is 1. The van der Waals surface area contributed by atoms with E-state index in [0.717, 1.165) is 13.0 Å². The summed E-state index contributed by atoms with van der Waals surface area (Å²) in [5.74, 6) is -3.10. The molecule has 1 rings (SSSR count). The Bertz CT molecular complexity index is 648. The van der Waals surface area contributed by atoms with E-state index in [-0.39, 0.29) is 40.7 Å². The van der Waals surface area contributed by atoms with E-state index in [1.807, 2.05) is 0 Å². The van der Waals surface area contributed by atoms with Gasteiger partial charge in [0.05, 0.1) is 16.0 Å². The quantitative estimate of drug-likeness (QED) is 0.469. The number of rotatable bonds is 3. The van der Waals surface area contributed by atoms with Crippen LogP contribution in [0.2, 0.25) is 0 Å². The number of hydrogen-bond acceptors (Lipinski definition) is 5. The first-order chi connectivity index (χ1) is 8.07. The standard InChI is InChI=1S/C10H10O7S.Na/c1-4-3-6(18(15,16)17)5(2)8(10(13)14)7(4)9(11)12;/h3H,1-2H3,(H,11,12)(H,13,14)(H,15,16,17);/q;+1/p-1. The Kier molecular flexibility index (Phi) is 5.72. The van der Waals surface area contributed by atoms with Gasteiger partial charge < -0.3 is 14.8 Å². The maximum Gasteiger partial charge on any atom is 1.00 e. The van der Waals surface area contributed by atoms with Gasteiger partial charge in [0.15, 0.2) is 0 Å². The van der Waals surface area contributed by atoms with E-state index >= 15 is 0 Å². The maximum atomic E-state index is 11.0. The Morgan fingerprint density at radius 1 is 1.11 bits per heavy atom. The summed E-state index contributed by atoms with van der Waals surface area (Å²) in [5.41, 5.74) is -1.68. The van der Waals surface area contributed by atoms with Crippen LogP contribution in [0.15, 0.2) is 11.0 Å². The number of benzene rings is 1. The average Bonchev–Trinajstić information content (AvgIpc) is 2.17. The van der Waals surface area contributed by atoms with Crippen LogP contribution in [0.4, 0.5) is 0 Å². The van der Waals surface area contributed by atoms with Crippen LogP contribution in [-0.2, 0) is 10.1 Å². The molecular formula is C10H9NaO7S. The molecule has 2 N–H and O–H groups in total. The van der Waals surface area contributed by atoms with Crippen LogP contribution in [0.25, 0.3) is 0 Å². The summed E-state index contributed by atoms with van der Waals surface area (Å²) in [5, 5.41) is 17.9. The maximum absolute atomic E-state index is 11.0. The van der Waals surface area contributed by atoms with Crippen LogP contribution < -0.4 is 29.6 Å². The van der Waals surface area contributed by atoms with Gasteiger partial charge >= 0.3 is 41.5 Å². The Hall–Kier alpha value is -0.930. The molecule has 0 aliphatic heterocycles. The topological polar surface area (TPSA) is 132 Å². The molecular weight excluding hydrogens is 287 g/mol. The second kappa shape index (κ2) is 6.02. The Balaban J connectivity index is 0.00000324. The van der Waals surface area contributed by atoms with Gasteiger partial charge in [-0.25, -0.2) is 18.0 Å². The van der Waals surface area contributed by atoms with Gasteiger partial charge in [0.1, 0.15) is 10.1 Å². The molecule has 0 radical (unpaired) electrons. The van der Waals surface area contributed by atoms with Gasteiger partial charge in [-0.05, 0) is 31.0 Å². The van der Waals surface area contributed by atoms with Crippen molar-refractivity contribution in [3.05, 3.63) is 28.3 Å². The minimum Gasteiger partial charge on any atom is -0.744 e. The fraction of sp³-hybridized carbons (Fsp3) is 0.200. The molecule has 98 valence electrons. The summed E-state index contributed by atoms with van der Waals surface area (Å²) in [6, 6.07) is 0.869. The summed E-state index contributed by atoms with van der Waals surface area (Å²) < 4.78 is 32.9. The second-order valence-corrected chi connectivity index (χ2v) is 4.98. The molecule has 19 heavy (non-hydrogen) atoms. The van der Waals surface area contributed by atoms with Crippen molar-refractivity contribution >= 4 is 22.1 Å².